The maximum atomic E-state index is 4.19. The highest BCUT2D eigenvalue weighted by molar-refractivity contribution is 5.24. The van der Waals surface area contributed by atoms with E-state index in [9.17, 15) is 0 Å². The van der Waals surface area contributed by atoms with E-state index in [4.69, 9.17) is 0 Å². The van der Waals surface area contributed by atoms with Crippen molar-refractivity contribution in [1.29, 1.82) is 0 Å². The maximum Gasteiger partial charge on any atom is 0.0492 e. The second kappa shape index (κ2) is 6.53. The second-order valence-corrected chi connectivity index (χ2v) is 5.02. The standard InChI is InChI=1S/C16H23N3/c1-4-16(14-7-5-13(2)6-8-14)17-11-9-15-10-12-18-19(15)3/h5-8,10,12,16-17H,4,9,11H2,1-3H3. The largest absolute Gasteiger partial charge is 0.310 e. The number of hydrogen-bond acceptors (Lipinski definition) is 2. The van der Waals surface area contributed by atoms with Crippen LogP contribution >= 0.6 is 0 Å². The Morgan fingerprint density at radius 2 is 1.95 bits per heavy atom. The van der Waals surface area contributed by atoms with Gasteiger partial charge < -0.3 is 5.32 Å². The van der Waals surface area contributed by atoms with E-state index in [-0.39, 0.29) is 0 Å². The Morgan fingerprint density at radius 1 is 1.21 bits per heavy atom. The summed E-state index contributed by atoms with van der Waals surface area (Å²) in [6.45, 7) is 5.33. The van der Waals surface area contributed by atoms with Gasteiger partial charge in [-0.1, -0.05) is 36.8 Å². The average molecular weight is 257 g/mol. The zero-order valence-corrected chi connectivity index (χ0v) is 12.1. The Labute approximate surface area is 115 Å². The zero-order valence-electron chi connectivity index (χ0n) is 12.1. The first-order valence-electron chi connectivity index (χ1n) is 6.97. The van der Waals surface area contributed by atoms with Gasteiger partial charge in [-0.25, -0.2) is 0 Å². The maximum absolute atomic E-state index is 4.19. The molecule has 0 saturated heterocycles. The molecule has 1 atom stereocenters. The lowest BCUT2D eigenvalue weighted by atomic mass is 10.0. The van der Waals surface area contributed by atoms with Crippen molar-refractivity contribution in [3.05, 3.63) is 53.3 Å². The first kappa shape index (κ1) is 13.8. The SMILES string of the molecule is CCC(NCCc1ccnn1C)c1ccc(C)cc1. The summed E-state index contributed by atoms with van der Waals surface area (Å²) in [7, 11) is 1.99. The number of rotatable bonds is 6. The summed E-state index contributed by atoms with van der Waals surface area (Å²) in [5.74, 6) is 0. The van der Waals surface area contributed by atoms with Crippen LogP contribution < -0.4 is 5.32 Å². The van der Waals surface area contributed by atoms with Gasteiger partial charge in [-0.15, -0.1) is 0 Å². The van der Waals surface area contributed by atoms with Crippen molar-refractivity contribution < 1.29 is 0 Å². The molecule has 1 heterocycles. The third-order valence-electron chi connectivity index (χ3n) is 3.58. The molecule has 0 amide bonds. The minimum atomic E-state index is 0.439. The first-order chi connectivity index (χ1) is 9.20. The van der Waals surface area contributed by atoms with Crippen LogP contribution in [0.15, 0.2) is 36.5 Å². The molecule has 0 aliphatic carbocycles. The fraction of sp³-hybridized carbons (Fsp3) is 0.438. The number of aromatic nitrogens is 2. The molecule has 1 aromatic carbocycles. The number of nitrogens with zero attached hydrogens (tertiary/aromatic N) is 2. The monoisotopic (exact) mass is 257 g/mol. The van der Waals surface area contributed by atoms with Crippen molar-refractivity contribution in [2.75, 3.05) is 6.54 Å². The van der Waals surface area contributed by atoms with Crippen molar-refractivity contribution in [2.24, 2.45) is 7.05 Å². The van der Waals surface area contributed by atoms with E-state index in [0.717, 1.165) is 19.4 Å². The van der Waals surface area contributed by atoms with Gasteiger partial charge in [-0.05, 0) is 25.0 Å². The van der Waals surface area contributed by atoms with Crippen LogP contribution in [0.2, 0.25) is 0 Å². The van der Waals surface area contributed by atoms with Crippen molar-refractivity contribution in [3.63, 3.8) is 0 Å². The minimum Gasteiger partial charge on any atom is -0.310 e. The number of benzene rings is 1. The van der Waals surface area contributed by atoms with Crippen molar-refractivity contribution in [1.82, 2.24) is 15.1 Å². The molecular weight excluding hydrogens is 234 g/mol. The van der Waals surface area contributed by atoms with E-state index in [1.54, 1.807) is 0 Å². The normalized spacial score (nSPS) is 12.6. The quantitative estimate of drug-likeness (QED) is 0.862. The highest BCUT2D eigenvalue weighted by Gasteiger charge is 2.08. The highest BCUT2D eigenvalue weighted by Crippen LogP contribution is 2.17. The number of aryl methyl sites for hydroxylation is 2. The van der Waals surface area contributed by atoms with Gasteiger partial charge in [0.15, 0.2) is 0 Å². The zero-order chi connectivity index (χ0) is 13.7. The Morgan fingerprint density at radius 3 is 2.53 bits per heavy atom. The van der Waals surface area contributed by atoms with Crippen LogP contribution in [0.4, 0.5) is 0 Å². The lowest BCUT2D eigenvalue weighted by molar-refractivity contribution is 0.516. The molecule has 19 heavy (non-hydrogen) atoms. The van der Waals surface area contributed by atoms with Gasteiger partial charge in [-0.2, -0.15) is 5.10 Å². The molecule has 1 N–H and O–H groups in total. The molecule has 0 saturated carbocycles. The van der Waals surface area contributed by atoms with Crippen LogP contribution in [-0.2, 0) is 13.5 Å². The third-order valence-corrected chi connectivity index (χ3v) is 3.58. The molecule has 2 rings (SSSR count). The summed E-state index contributed by atoms with van der Waals surface area (Å²) >= 11 is 0. The summed E-state index contributed by atoms with van der Waals surface area (Å²) in [6, 6.07) is 11.3. The summed E-state index contributed by atoms with van der Waals surface area (Å²) < 4.78 is 1.94. The van der Waals surface area contributed by atoms with Gasteiger partial charge in [0.1, 0.15) is 0 Å². The molecule has 102 valence electrons. The van der Waals surface area contributed by atoms with E-state index in [1.165, 1.54) is 16.8 Å². The van der Waals surface area contributed by atoms with Gasteiger partial charge in [0.05, 0.1) is 0 Å². The van der Waals surface area contributed by atoms with Crippen LogP contribution in [0.25, 0.3) is 0 Å². The molecule has 3 heteroatoms. The number of hydrogen-bond donors (Lipinski definition) is 1. The van der Waals surface area contributed by atoms with E-state index in [0.29, 0.717) is 6.04 Å². The van der Waals surface area contributed by atoms with Crippen LogP contribution in [0.3, 0.4) is 0 Å². The Kier molecular flexibility index (Phi) is 4.74. The van der Waals surface area contributed by atoms with Gasteiger partial charge in [0.2, 0.25) is 0 Å². The van der Waals surface area contributed by atoms with Gasteiger partial charge >= 0.3 is 0 Å². The molecule has 0 aliphatic rings. The lowest BCUT2D eigenvalue weighted by Gasteiger charge is -2.17. The lowest BCUT2D eigenvalue weighted by Crippen LogP contribution is -2.23. The minimum absolute atomic E-state index is 0.439. The van der Waals surface area contributed by atoms with Gasteiger partial charge in [-0.3, -0.25) is 4.68 Å². The molecule has 2 aromatic rings. The van der Waals surface area contributed by atoms with E-state index >= 15 is 0 Å². The molecule has 1 aromatic heterocycles. The highest BCUT2D eigenvalue weighted by atomic mass is 15.3. The van der Waals surface area contributed by atoms with Gasteiger partial charge in [0, 0.05) is 37.9 Å². The summed E-state index contributed by atoms with van der Waals surface area (Å²) in [6.07, 6.45) is 3.97. The van der Waals surface area contributed by atoms with Crippen molar-refractivity contribution >= 4 is 0 Å². The summed E-state index contributed by atoms with van der Waals surface area (Å²) in [5.41, 5.74) is 3.96. The predicted molar refractivity (Wildman–Crippen MR) is 79.1 cm³/mol. The predicted octanol–water partition coefficient (Wildman–Crippen LogP) is 3.01. The summed E-state index contributed by atoms with van der Waals surface area (Å²) in [5, 5.41) is 7.82. The molecule has 0 spiro atoms. The third kappa shape index (κ3) is 3.67. The smallest absolute Gasteiger partial charge is 0.0492 e. The molecule has 0 radical (unpaired) electrons. The Hall–Kier alpha value is -1.61. The van der Waals surface area contributed by atoms with Crippen LogP contribution in [-0.4, -0.2) is 16.3 Å². The summed E-state index contributed by atoms with van der Waals surface area (Å²) in [4.78, 5) is 0. The van der Waals surface area contributed by atoms with Crippen LogP contribution in [0.5, 0.6) is 0 Å². The molecule has 0 fully saturated rings. The topological polar surface area (TPSA) is 29.9 Å². The molecule has 3 nitrogen and oxygen atoms in total. The average Bonchev–Trinajstić information content (AvgIpc) is 2.82. The Bertz CT molecular complexity index is 499. The molecule has 0 aliphatic heterocycles. The van der Waals surface area contributed by atoms with Gasteiger partial charge in [0.25, 0.3) is 0 Å². The van der Waals surface area contributed by atoms with Crippen molar-refractivity contribution in [3.8, 4) is 0 Å². The van der Waals surface area contributed by atoms with E-state index in [2.05, 4.69) is 54.6 Å². The van der Waals surface area contributed by atoms with Crippen LogP contribution in [0.1, 0.15) is 36.2 Å². The molecular formula is C16H23N3. The Balaban J connectivity index is 1.89. The fourth-order valence-corrected chi connectivity index (χ4v) is 2.32. The van der Waals surface area contributed by atoms with Crippen LogP contribution in [0, 0.1) is 6.92 Å². The van der Waals surface area contributed by atoms with E-state index in [1.807, 2.05) is 17.9 Å². The molecule has 1 unspecified atom stereocenters. The van der Waals surface area contributed by atoms with E-state index < -0.39 is 0 Å². The second-order valence-electron chi connectivity index (χ2n) is 5.02. The first-order valence-corrected chi connectivity index (χ1v) is 6.97. The molecule has 0 bridgehead atoms. The number of nitrogens with one attached hydrogen (secondary N) is 1. The fourth-order valence-electron chi connectivity index (χ4n) is 2.32. The van der Waals surface area contributed by atoms with Crippen molar-refractivity contribution in [2.45, 2.75) is 32.7 Å².